The summed E-state index contributed by atoms with van der Waals surface area (Å²) in [4.78, 5) is 4.06. The molecule has 0 aliphatic heterocycles. The summed E-state index contributed by atoms with van der Waals surface area (Å²) in [5, 5.41) is 0. The van der Waals surface area contributed by atoms with E-state index in [4.69, 9.17) is 11.6 Å². The van der Waals surface area contributed by atoms with E-state index in [1.807, 2.05) is 25.2 Å². The van der Waals surface area contributed by atoms with Crippen LogP contribution in [-0.2, 0) is 0 Å². The highest BCUT2D eigenvalue weighted by Crippen LogP contribution is 2.01. The first-order chi connectivity index (χ1) is 4.84. The van der Waals surface area contributed by atoms with Gasteiger partial charge < -0.3 is 12.4 Å². The van der Waals surface area contributed by atoms with Gasteiger partial charge in [-0.15, -0.1) is 0 Å². The summed E-state index contributed by atoms with van der Waals surface area (Å²) >= 11 is 5.45. The van der Waals surface area contributed by atoms with Crippen molar-refractivity contribution in [3.8, 4) is 0 Å². The molecule has 60 valence electrons. The molecule has 0 bridgehead atoms. The molecule has 0 fully saturated rings. The second-order valence-corrected chi connectivity index (χ2v) is 2.09. The van der Waals surface area contributed by atoms with Crippen LogP contribution in [0.25, 0.3) is 0 Å². The highest BCUT2D eigenvalue weighted by atomic mass is 35.5. The summed E-state index contributed by atoms with van der Waals surface area (Å²) in [7, 11) is 1.84. The molecule has 11 heavy (non-hydrogen) atoms. The quantitative estimate of drug-likeness (QED) is 0.395. The predicted molar refractivity (Wildman–Crippen MR) is 42.0 cm³/mol. The van der Waals surface area contributed by atoms with Gasteiger partial charge in [0.1, 0.15) is 6.20 Å². The van der Waals surface area contributed by atoms with Crippen LogP contribution in [0.2, 0.25) is 0 Å². The fourth-order valence-electron chi connectivity index (χ4n) is 0.612. The lowest BCUT2D eigenvalue weighted by Crippen LogP contribution is -3.00. The normalized spacial score (nSPS) is 10.5. The molecule has 0 saturated heterocycles. The van der Waals surface area contributed by atoms with Crippen LogP contribution >= 0.6 is 11.6 Å². The molecular weight excluding hydrogens is 183 g/mol. The van der Waals surface area contributed by atoms with Crippen molar-refractivity contribution in [1.82, 2.24) is 4.98 Å². The number of halogens is 2. The molecule has 0 amide bonds. The Morgan fingerprint density at radius 3 is 2.73 bits per heavy atom. The van der Waals surface area contributed by atoms with Gasteiger partial charge in [0.15, 0.2) is 5.67 Å². The minimum Gasteiger partial charge on any atom is -1.00 e. The van der Waals surface area contributed by atoms with E-state index in [-0.39, 0.29) is 12.4 Å². The minimum atomic E-state index is 0. The maximum absolute atomic E-state index is 5.45. The lowest BCUT2D eigenvalue weighted by Gasteiger charge is -1.89. The zero-order valence-corrected chi connectivity index (χ0v) is 7.55. The molecule has 4 heteroatoms. The van der Waals surface area contributed by atoms with E-state index in [0.717, 1.165) is 5.82 Å². The molecule has 0 aliphatic carbocycles. The van der Waals surface area contributed by atoms with Gasteiger partial charge in [-0.2, -0.15) is 0 Å². The van der Waals surface area contributed by atoms with Gasteiger partial charge in [0.05, 0.1) is 7.05 Å². The first-order valence-corrected chi connectivity index (χ1v) is 3.35. The fraction of sp³-hybridized carbons (Fsp3) is 0.143. The van der Waals surface area contributed by atoms with Gasteiger partial charge in [-0.05, 0) is 22.7 Å². The molecule has 0 radical (unpaired) electrons. The summed E-state index contributed by atoms with van der Waals surface area (Å²) in [6.45, 7) is 0. The van der Waals surface area contributed by atoms with E-state index < -0.39 is 0 Å². The lowest BCUT2D eigenvalue weighted by atomic mass is 10.5. The Kier molecular flexibility index (Phi) is 4.83. The Balaban J connectivity index is 0.000001000. The van der Waals surface area contributed by atoms with Crippen LogP contribution in [0, 0.1) is 0 Å². The molecule has 2 nitrogen and oxygen atoms in total. The first kappa shape index (κ1) is 10.4. The molecule has 0 atom stereocenters. The second kappa shape index (κ2) is 5.10. The standard InChI is InChI=1S/C7H8ClN2.ClH/c1-10(6-8)7-4-2-3-5-9-7;/h2-6H,1H3;1H/q+1;/p-1/b10-6-;. The Labute approximate surface area is 76.9 Å². The molecule has 1 aromatic heterocycles. The third-order valence-electron chi connectivity index (χ3n) is 1.16. The third-order valence-corrected chi connectivity index (χ3v) is 1.45. The zero-order chi connectivity index (χ0) is 7.40. The van der Waals surface area contributed by atoms with Crippen LogP contribution < -0.4 is 12.4 Å². The molecular formula is C7H8Cl2N2. The summed E-state index contributed by atoms with van der Waals surface area (Å²) < 4.78 is 1.74. The number of nitrogens with zero attached hydrogens (tertiary/aromatic N) is 2. The Bertz CT molecular complexity index is 233. The summed E-state index contributed by atoms with van der Waals surface area (Å²) in [6.07, 6.45) is 1.73. The molecule has 0 N–H and O–H groups in total. The average Bonchev–Trinajstić information content (AvgIpc) is 2.05. The topological polar surface area (TPSA) is 15.9 Å². The van der Waals surface area contributed by atoms with E-state index in [2.05, 4.69) is 4.98 Å². The maximum Gasteiger partial charge on any atom is 0.323 e. The number of pyridine rings is 1. The molecule has 0 aromatic carbocycles. The van der Waals surface area contributed by atoms with Crippen LogP contribution in [0.15, 0.2) is 24.4 Å². The van der Waals surface area contributed by atoms with Gasteiger partial charge in [0, 0.05) is 6.07 Å². The van der Waals surface area contributed by atoms with E-state index in [1.165, 1.54) is 5.67 Å². The van der Waals surface area contributed by atoms with Crippen LogP contribution in [0.4, 0.5) is 5.82 Å². The van der Waals surface area contributed by atoms with Gasteiger partial charge in [-0.3, -0.25) is 0 Å². The Morgan fingerprint density at radius 1 is 1.55 bits per heavy atom. The van der Waals surface area contributed by atoms with Gasteiger partial charge in [0.2, 0.25) is 0 Å². The number of hydrogen-bond donors (Lipinski definition) is 0. The number of hydrogen-bond acceptors (Lipinski definition) is 1. The molecule has 1 rings (SSSR count). The SMILES string of the molecule is C/[N+](=C/Cl)c1ccccn1.[Cl-]. The highest BCUT2D eigenvalue weighted by Gasteiger charge is 1.99. The van der Waals surface area contributed by atoms with Gasteiger partial charge in [-0.25, -0.2) is 4.58 Å². The Hall–Kier alpha value is -0.600. The minimum absolute atomic E-state index is 0. The zero-order valence-electron chi connectivity index (χ0n) is 6.04. The molecule has 0 saturated carbocycles. The molecule has 1 heterocycles. The summed E-state index contributed by atoms with van der Waals surface area (Å²) in [5.74, 6) is 0.845. The Morgan fingerprint density at radius 2 is 2.27 bits per heavy atom. The summed E-state index contributed by atoms with van der Waals surface area (Å²) in [5.41, 5.74) is 1.45. The molecule has 0 aliphatic rings. The van der Waals surface area contributed by atoms with Crippen molar-refractivity contribution in [2.24, 2.45) is 0 Å². The van der Waals surface area contributed by atoms with Crippen molar-refractivity contribution < 1.29 is 17.0 Å². The van der Waals surface area contributed by atoms with Crippen LogP contribution in [0.1, 0.15) is 0 Å². The average molecular weight is 191 g/mol. The van der Waals surface area contributed by atoms with Crippen LogP contribution in [-0.4, -0.2) is 22.3 Å². The second-order valence-electron chi connectivity index (χ2n) is 1.90. The predicted octanol–water partition coefficient (Wildman–Crippen LogP) is -1.37. The molecule has 1 aromatic rings. The van der Waals surface area contributed by atoms with Gasteiger partial charge in [0.25, 0.3) is 0 Å². The van der Waals surface area contributed by atoms with Crippen molar-refractivity contribution in [3.05, 3.63) is 24.4 Å². The van der Waals surface area contributed by atoms with Crippen LogP contribution in [0.3, 0.4) is 0 Å². The maximum atomic E-state index is 5.45. The fourth-order valence-corrected chi connectivity index (χ4v) is 0.712. The first-order valence-electron chi connectivity index (χ1n) is 2.92. The monoisotopic (exact) mass is 190 g/mol. The van der Waals surface area contributed by atoms with Crippen molar-refractivity contribution in [2.45, 2.75) is 0 Å². The number of rotatable bonds is 1. The number of aromatic nitrogens is 1. The van der Waals surface area contributed by atoms with Crippen molar-refractivity contribution in [2.75, 3.05) is 7.05 Å². The van der Waals surface area contributed by atoms with Gasteiger partial charge in [-0.1, -0.05) is 6.07 Å². The lowest BCUT2D eigenvalue weighted by molar-refractivity contribution is -0.401. The van der Waals surface area contributed by atoms with E-state index in [9.17, 15) is 0 Å². The molecule has 0 spiro atoms. The smallest absolute Gasteiger partial charge is 0.323 e. The van der Waals surface area contributed by atoms with E-state index >= 15 is 0 Å². The third kappa shape index (κ3) is 2.87. The largest absolute Gasteiger partial charge is 1.00 e. The van der Waals surface area contributed by atoms with Gasteiger partial charge >= 0.3 is 5.82 Å². The molecule has 0 unspecified atom stereocenters. The summed E-state index contributed by atoms with van der Waals surface area (Å²) in [6, 6.07) is 5.67. The van der Waals surface area contributed by atoms with Crippen LogP contribution in [0.5, 0.6) is 0 Å². The highest BCUT2D eigenvalue weighted by molar-refractivity contribution is 6.54. The van der Waals surface area contributed by atoms with Crippen molar-refractivity contribution in [1.29, 1.82) is 0 Å². The van der Waals surface area contributed by atoms with E-state index in [0.29, 0.717) is 0 Å². The van der Waals surface area contributed by atoms with E-state index in [1.54, 1.807) is 10.8 Å². The van der Waals surface area contributed by atoms with Crippen molar-refractivity contribution >= 4 is 23.1 Å². The van der Waals surface area contributed by atoms with Crippen molar-refractivity contribution in [3.63, 3.8) is 0 Å².